The maximum absolute atomic E-state index is 11.6. The van der Waals surface area contributed by atoms with Gasteiger partial charge in [0.05, 0.1) is 6.61 Å². The molecule has 0 amide bonds. The van der Waals surface area contributed by atoms with Crippen molar-refractivity contribution < 1.29 is 9.53 Å². The Hall–Kier alpha value is -0.220. The highest BCUT2D eigenvalue weighted by Gasteiger charge is 2.30. The zero-order chi connectivity index (χ0) is 13.6. The number of esters is 1. The van der Waals surface area contributed by atoms with Gasteiger partial charge in [0.15, 0.2) is 0 Å². The summed E-state index contributed by atoms with van der Waals surface area (Å²) >= 11 is 1.98. The topological polar surface area (TPSA) is 52.3 Å². The Morgan fingerprint density at radius 2 is 2.22 bits per heavy atom. The number of carbonyl (C=O) groups is 1. The third kappa shape index (κ3) is 5.19. The minimum atomic E-state index is -0.830. The number of hydrogen-bond donors (Lipinski definition) is 1. The van der Waals surface area contributed by atoms with Crippen molar-refractivity contribution in [3.63, 3.8) is 0 Å². The summed E-state index contributed by atoms with van der Waals surface area (Å²) in [5.74, 6) is 1.52. The van der Waals surface area contributed by atoms with Gasteiger partial charge in [0.2, 0.25) is 0 Å². The van der Waals surface area contributed by atoms with Crippen molar-refractivity contribution in [1.82, 2.24) is 0 Å². The first-order valence-corrected chi connectivity index (χ1v) is 8.08. The minimum Gasteiger partial charge on any atom is -0.465 e. The third-order valence-electron chi connectivity index (χ3n) is 3.60. The van der Waals surface area contributed by atoms with Crippen molar-refractivity contribution in [2.75, 3.05) is 12.4 Å². The Kier molecular flexibility index (Phi) is 6.50. The van der Waals surface area contributed by atoms with Crippen LogP contribution < -0.4 is 5.73 Å². The van der Waals surface area contributed by atoms with E-state index in [1.54, 1.807) is 6.92 Å². The van der Waals surface area contributed by atoms with Crippen LogP contribution in [0.15, 0.2) is 0 Å². The van der Waals surface area contributed by atoms with Crippen LogP contribution in [0.25, 0.3) is 0 Å². The fourth-order valence-electron chi connectivity index (χ4n) is 2.37. The second kappa shape index (κ2) is 7.39. The van der Waals surface area contributed by atoms with Gasteiger partial charge in [-0.3, -0.25) is 4.79 Å². The van der Waals surface area contributed by atoms with Crippen LogP contribution in [-0.4, -0.2) is 29.1 Å². The molecule has 1 aliphatic rings. The molecule has 1 rings (SSSR count). The van der Waals surface area contributed by atoms with Gasteiger partial charge in [0, 0.05) is 5.25 Å². The summed E-state index contributed by atoms with van der Waals surface area (Å²) in [6.45, 7) is 6.32. The molecule has 0 spiro atoms. The maximum atomic E-state index is 11.6. The second-order valence-corrected chi connectivity index (χ2v) is 7.06. The number of hydrogen-bond acceptors (Lipinski definition) is 4. The summed E-state index contributed by atoms with van der Waals surface area (Å²) in [6.07, 6.45) is 6.04. The average molecular weight is 273 g/mol. The van der Waals surface area contributed by atoms with Gasteiger partial charge in [-0.15, -0.1) is 0 Å². The molecule has 1 aliphatic carbocycles. The summed E-state index contributed by atoms with van der Waals surface area (Å²) < 4.78 is 4.99. The SMILES string of the molecule is CCOC(=O)C(C)(N)CCSC1CCCC(C)C1. The summed E-state index contributed by atoms with van der Waals surface area (Å²) in [6, 6.07) is 0. The van der Waals surface area contributed by atoms with Crippen LogP contribution >= 0.6 is 11.8 Å². The normalized spacial score (nSPS) is 27.6. The molecule has 4 heteroatoms. The molecule has 3 nitrogen and oxygen atoms in total. The number of ether oxygens (including phenoxy) is 1. The monoisotopic (exact) mass is 273 g/mol. The predicted molar refractivity (Wildman–Crippen MR) is 77.7 cm³/mol. The average Bonchev–Trinajstić information content (AvgIpc) is 2.29. The molecule has 3 atom stereocenters. The van der Waals surface area contributed by atoms with Crippen LogP contribution in [0.3, 0.4) is 0 Å². The van der Waals surface area contributed by atoms with Gasteiger partial charge >= 0.3 is 5.97 Å². The van der Waals surface area contributed by atoms with E-state index in [1.165, 1.54) is 25.7 Å². The molecule has 0 bridgehead atoms. The molecular formula is C14H27NO2S. The van der Waals surface area contributed by atoms with Crippen molar-refractivity contribution in [2.24, 2.45) is 11.7 Å². The van der Waals surface area contributed by atoms with E-state index < -0.39 is 5.54 Å². The standard InChI is InChI=1S/C14H27NO2S/c1-4-17-13(16)14(3,15)8-9-18-12-7-5-6-11(2)10-12/h11-12H,4-10,15H2,1-3H3. The van der Waals surface area contributed by atoms with E-state index in [-0.39, 0.29) is 5.97 Å². The Bertz CT molecular complexity index is 269. The van der Waals surface area contributed by atoms with Crippen LogP contribution in [0.4, 0.5) is 0 Å². The van der Waals surface area contributed by atoms with Gasteiger partial charge in [-0.1, -0.05) is 19.8 Å². The smallest absolute Gasteiger partial charge is 0.325 e. The lowest BCUT2D eigenvalue weighted by Crippen LogP contribution is -2.46. The molecule has 106 valence electrons. The van der Waals surface area contributed by atoms with Crippen molar-refractivity contribution >= 4 is 17.7 Å². The molecule has 0 aromatic carbocycles. The van der Waals surface area contributed by atoms with E-state index >= 15 is 0 Å². The van der Waals surface area contributed by atoms with Crippen molar-refractivity contribution in [2.45, 2.75) is 63.7 Å². The summed E-state index contributed by atoms with van der Waals surface area (Å²) in [7, 11) is 0. The summed E-state index contributed by atoms with van der Waals surface area (Å²) in [5.41, 5.74) is 5.17. The van der Waals surface area contributed by atoms with Crippen molar-refractivity contribution in [3.8, 4) is 0 Å². The maximum Gasteiger partial charge on any atom is 0.325 e. The van der Waals surface area contributed by atoms with E-state index in [0.717, 1.165) is 16.9 Å². The van der Waals surface area contributed by atoms with E-state index in [0.29, 0.717) is 13.0 Å². The Balaban J connectivity index is 2.25. The van der Waals surface area contributed by atoms with E-state index in [2.05, 4.69) is 6.92 Å². The van der Waals surface area contributed by atoms with Gasteiger partial charge in [-0.2, -0.15) is 11.8 Å². The molecule has 1 fully saturated rings. The highest BCUT2D eigenvalue weighted by atomic mass is 32.2. The molecule has 0 heterocycles. The third-order valence-corrected chi connectivity index (χ3v) is 4.94. The molecule has 0 radical (unpaired) electrons. The van der Waals surface area contributed by atoms with Gasteiger partial charge < -0.3 is 10.5 Å². The van der Waals surface area contributed by atoms with Crippen LogP contribution in [0.1, 0.15) is 52.9 Å². The number of rotatable bonds is 6. The minimum absolute atomic E-state index is 0.275. The molecule has 0 aliphatic heterocycles. The van der Waals surface area contributed by atoms with Gasteiger partial charge in [0.25, 0.3) is 0 Å². The highest BCUT2D eigenvalue weighted by molar-refractivity contribution is 7.99. The zero-order valence-electron chi connectivity index (χ0n) is 11.9. The van der Waals surface area contributed by atoms with Gasteiger partial charge in [-0.05, 0) is 44.8 Å². The van der Waals surface area contributed by atoms with Crippen LogP contribution in [-0.2, 0) is 9.53 Å². The first-order chi connectivity index (χ1) is 8.45. The largest absolute Gasteiger partial charge is 0.465 e. The van der Waals surface area contributed by atoms with Crippen LogP contribution in [0.2, 0.25) is 0 Å². The Morgan fingerprint density at radius 1 is 1.50 bits per heavy atom. The quantitative estimate of drug-likeness (QED) is 0.756. The fraction of sp³-hybridized carbons (Fsp3) is 0.929. The molecule has 0 aromatic heterocycles. The summed E-state index contributed by atoms with van der Waals surface area (Å²) in [4.78, 5) is 11.6. The van der Waals surface area contributed by atoms with Crippen molar-refractivity contribution in [3.05, 3.63) is 0 Å². The van der Waals surface area contributed by atoms with Crippen LogP contribution in [0.5, 0.6) is 0 Å². The molecule has 0 aromatic rings. The molecule has 0 saturated heterocycles. The van der Waals surface area contributed by atoms with E-state index in [9.17, 15) is 4.79 Å². The lowest BCUT2D eigenvalue weighted by Gasteiger charge is -2.27. The van der Waals surface area contributed by atoms with E-state index in [1.807, 2.05) is 18.7 Å². The predicted octanol–water partition coefficient (Wildman–Crippen LogP) is 2.97. The Morgan fingerprint density at radius 3 is 2.83 bits per heavy atom. The van der Waals surface area contributed by atoms with E-state index in [4.69, 9.17) is 10.5 Å². The lowest BCUT2D eigenvalue weighted by atomic mass is 9.91. The van der Waals surface area contributed by atoms with Crippen LogP contribution in [0, 0.1) is 5.92 Å². The lowest BCUT2D eigenvalue weighted by molar-refractivity contribution is -0.149. The molecule has 18 heavy (non-hydrogen) atoms. The number of thioether (sulfide) groups is 1. The molecular weight excluding hydrogens is 246 g/mol. The molecule has 3 unspecified atom stereocenters. The zero-order valence-corrected chi connectivity index (χ0v) is 12.7. The molecule has 1 saturated carbocycles. The number of nitrogens with two attached hydrogens (primary N) is 1. The first kappa shape index (κ1) is 15.8. The second-order valence-electron chi connectivity index (χ2n) is 5.65. The fourth-order valence-corrected chi connectivity index (χ4v) is 4.04. The highest BCUT2D eigenvalue weighted by Crippen LogP contribution is 2.32. The molecule has 2 N–H and O–H groups in total. The Labute approximate surface area is 115 Å². The first-order valence-electron chi connectivity index (χ1n) is 7.03. The summed E-state index contributed by atoms with van der Waals surface area (Å²) in [5, 5.41) is 0.756. The van der Waals surface area contributed by atoms with Gasteiger partial charge in [-0.25, -0.2) is 0 Å². The van der Waals surface area contributed by atoms with Crippen molar-refractivity contribution in [1.29, 1.82) is 0 Å². The van der Waals surface area contributed by atoms with Gasteiger partial charge in [0.1, 0.15) is 5.54 Å². The number of carbonyl (C=O) groups excluding carboxylic acids is 1.